The fraction of sp³-hybridized carbons (Fsp3) is 0.0667. The molecule has 0 aliphatic carbocycles. The van der Waals surface area contributed by atoms with Gasteiger partial charge in [-0.3, -0.25) is 15.5 Å². The molecule has 0 bridgehead atoms. The Morgan fingerprint density at radius 3 is 2.59 bits per heavy atom. The summed E-state index contributed by atoms with van der Waals surface area (Å²) in [5.41, 5.74) is 4.54. The van der Waals surface area contributed by atoms with Crippen molar-refractivity contribution >= 4 is 33.0 Å². The number of rotatable bonds is 4. The topological polar surface area (TPSA) is 91.3 Å². The lowest BCUT2D eigenvalue weighted by molar-refractivity contribution is -0.384. The first-order valence-corrected chi connectivity index (χ1v) is 7.05. The number of hydrazone groups is 1. The Bertz CT molecular complexity index is 779. The number of nitrogens with zero attached hydrogens (tertiary/aromatic N) is 3. The van der Waals surface area contributed by atoms with Crippen LogP contribution in [0.1, 0.15) is 18.1 Å². The molecule has 0 radical (unpaired) electrons. The standard InChI is InChI=1S/C15H11BrN4O2/c1-10(12-3-5-13(16)6-4-12)18-19-14-7-2-11(9-17)8-15(14)20(21)22/h2-8,19H,1H3/b18-10+. The molecule has 0 atom stereocenters. The van der Waals surface area contributed by atoms with E-state index in [4.69, 9.17) is 5.26 Å². The van der Waals surface area contributed by atoms with E-state index in [-0.39, 0.29) is 16.9 Å². The molecule has 0 unspecified atom stereocenters. The number of nitrogens with one attached hydrogen (secondary N) is 1. The first-order valence-electron chi connectivity index (χ1n) is 6.26. The summed E-state index contributed by atoms with van der Waals surface area (Å²) in [5, 5.41) is 24.0. The zero-order valence-electron chi connectivity index (χ0n) is 11.6. The molecule has 2 aromatic carbocycles. The molecule has 1 N–H and O–H groups in total. The van der Waals surface area contributed by atoms with E-state index in [9.17, 15) is 10.1 Å². The predicted molar refractivity (Wildman–Crippen MR) is 87.8 cm³/mol. The monoisotopic (exact) mass is 358 g/mol. The second-order valence-corrected chi connectivity index (χ2v) is 5.33. The molecule has 6 nitrogen and oxygen atoms in total. The number of benzene rings is 2. The molecule has 0 aromatic heterocycles. The number of hydrogen-bond donors (Lipinski definition) is 1. The summed E-state index contributed by atoms with van der Waals surface area (Å²) in [6.45, 7) is 1.80. The molecule has 2 aromatic rings. The Morgan fingerprint density at radius 2 is 2.00 bits per heavy atom. The summed E-state index contributed by atoms with van der Waals surface area (Å²) in [4.78, 5) is 10.5. The Morgan fingerprint density at radius 1 is 1.32 bits per heavy atom. The Hall–Kier alpha value is -2.72. The number of nitro benzene ring substituents is 1. The van der Waals surface area contributed by atoms with Crippen molar-refractivity contribution in [3.8, 4) is 6.07 Å². The van der Waals surface area contributed by atoms with Gasteiger partial charge in [-0.2, -0.15) is 10.4 Å². The quantitative estimate of drug-likeness (QED) is 0.506. The SMILES string of the molecule is C/C(=N\Nc1ccc(C#N)cc1[N+](=O)[O-])c1ccc(Br)cc1. The van der Waals surface area contributed by atoms with Crippen LogP contribution in [0.4, 0.5) is 11.4 Å². The van der Waals surface area contributed by atoms with Crippen molar-refractivity contribution in [1.82, 2.24) is 0 Å². The van der Waals surface area contributed by atoms with Crippen molar-refractivity contribution in [3.63, 3.8) is 0 Å². The van der Waals surface area contributed by atoms with E-state index in [1.165, 1.54) is 18.2 Å². The van der Waals surface area contributed by atoms with Crippen LogP contribution in [0, 0.1) is 21.4 Å². The van der Waals surface area contributed by atoms with Crippen LogP contribution in [0.15, 0.2) is 52.0 Å². The van der Waals surface area contributed by atoms with Crippen LogP contribution >= 0.6 is 15.9 Å². The molecule has 0 aliphatic heterocycles. The van der Waals surface area contributed by atoms with Crippen LogP contribution < -0.4 is 5.43 Å². The minimum absolute atomic E-state index is 0.189. The van der Waals surface area contributed by atoms with Gasteiger partial charge in [-0.15, -0.1) is 0 Å². The van der Waals surface area contributed by atoms with Gasteiger partial charge in [0.05, 0.1) is 22.3 Å². The maximum absolute atomic E-state index is 11.0. The van der Waals surface area contributed by atoms with E-state index in [1.807, 2.05) is 30.3 Å². The van der Waals surface area contributed by atoms with Gasteiger partial charge in [0, 0.05) is 10.5 Å². The van der Waals surface area contributed by atoms with Gasteiger partial charge >= 0.3 is 0 Å². The number of nitro groups is 1. The van der Waals surface area contributed by atoms with Gasteiger partial charge in [-0.05, 0) is 36.8 Å². The molecule has 0 aliphatic rings. The lowest BCUT2D eigenvalue weighted by Gasteiger charge is -2.05. The average molecular weight is 359 g/mol. The molecule has 2 rings (SSSR count). The van der Waals surface area contributed by atoms with E-state index < -0.39 is 4.92 Å². The first kappa shape index (κ1) is 15.7. The van der Waals surface area contributed by atoms with Gasteiger partial charge in [-0.1, -0.05) is 28.1 Å². The number of nitriles is 1. The summed E-state index contributed by atoms with van der Waals surface area (Å²) in [7, 11) is 0. The number of hydrogen-bond acceptors (Lipinski definition) is 5. The van der Waals surface area contributed by atoms with Crippen LogP contribution in [0.25, 0.3) is 0 Å². The van der Waals surface area contributed by atoms with E-state index in [2.05, 4.69) is 26.5 Å². The van der Waals surface area contributed by atoms with E-state index in [0.717, 1.165) is 10.0 Å². The largest absolute Gasteiger partial charge is 0.295 e. The summed E-state index contributed by atoms with van der Waals surface area (Å²) in [5.74, 6) is 0. The fourth-order valence-electron chi connectivity index (χ4n) is 1.75. The molecule has 0 spiro atoms. The summed E-state index contributed by atoms with van der Waals surface area (Å²) >= 11 is 3.35. The predicted octanol–water partition coefficient (Wildman–Crippen LogP) is 4.07. The van der Waals surface area contributed by atoms with E-state index >= 15 is 0 Å². The number of anilines is 1. The second-order valence-electron chi connectivity index (χ2n) is 4.42. The van der Waals surface area contributed by atoms with Crippen LogP contribution in [0.5, 0.6) is 0 Å². The third-order valence-electron chi connectivity index (χ3n) is 2.93. The molecule has 22 heavy (non-hydrogen) atoms. The van der Waals surface area contributed by atoms with Crippen molar-refractivity contribution in [1.29, 1.82) is 5.26 Å². The Balaban J connectivity index is 2.27. The van der Waals surface area contributed by atoms with Crippen LogP contribution in [0.2, 0.25) is 0 Å². The normalized spacial score (nSPS) is 10.9. The van der Waals surface area contributed by atoms with E-state index in [1.54, 1.807) is 6.92 Å². The highest BCUT2D eigenvalue weighted by atomic mass is 79.9. The highest BCUT2D eigenvalue weighted by Crippen LogP contribution is 2.25. The van der Waals surface area contributed by atoms with Crippen LogP contribution in [0.3, 0.4) is 0 Å². The van der Waals surface area contributed by atoms with Crippen molar-refractivity contribution in [2.24, 2.45) is 5.10 Å². The Kier molecular flexibility index (Phi) is 4.86. The van der Waals surface area contributed by atoms with Crippen molar-refractivity contribution < 1.29 is 4.92 Å². The van der Waals surface area contributed by atoms with Gasteiger partial charge in [0.1, 0.15) is 5.69 Å². The first-order chi connectivity index (χ1) is 10.5. The highest BCUT2D eigenvalue weighted by Gasteiger charge is 2.14. The molecule has 0 amide bonds. The van der Waals surface area contributed by atoms with Gasteiger partial charge in [0.25, 0.3) is 5.69 Å². The van der Waals surface area contributed by atoms with Gasteiger partial charge in [0.2, 0.25) is 0 Å². The lowest BCUT2D eigenvalue weighted by atomic mass is 10.1. The molecule has 0 heterocycles. The highest BCUT2D eigenvalue weighted by molar-refractivity contribution is 9.10. The number of halogens is 1. The van der Waals surface area contributed by atoms with Crippen molar-refractivity contribution in [2.45, 2.75) is 6.92 Å². The van der Waals surface area contributed by atoms with E-state index in [0.29, 0.717) is 5.71 Å². The van der Waals surface area contributed by atoms with Crippen LogP contribution in [-0.4, -0.2) is 10.6 Å². The zero-order valence-corrected chi connectivity index (χ0v) is 13.2. The smallest absolute Gasteiger partial charge is 0.271 e. The third kappa shape index (κ3) is 3.68. The van der Waals surface area contributed by atoms with Gasteiger partial charge < -0.3 is 0 Å². The molecular weight excluding hydrogens is 348 g/mol. The van der Waals surface area contributed by atoms with Crippen molar-refractivity contribution in [2.75, 3.05) is 5.43 Å². The van der Waals surface area contributed by atoms with Gasteiger partial charge in [0.15, 0.2) is 0 Å². The summed E-state index contributed by atoms with van der Waals surface area (Å²) in [6, 6.07) is 13.6. The fourth-order valence-corrected chi connectivity index (χ4v) is 2.01. The second kappa shape index (κ2) is 6.83. The molecule has 0 saturated carbocycles. The zero-order chi connectivity index (χ0) is 16.1. The minimum atomic E-state index is -0.548. The average Bonchev–Trinajstić information content (AvgIpc) is 2.53. The summed E-state index contributed by atoms with van der Waals surface area (Å²) in [6.07, 6.45) is 0. The molecular formula is C15H11BrN4O2. The molecule has 0 fully saturated rings. The summed E-state index contributed by atoms with van der Waals surface area (Å²) < 4.78 is 0.958. The van der Waals surface area contributed by atoms with Crippen molar-refractivity contribution in [3.05, 3.63) is 68.2 Å². The molecule has 0 saturated heterocycles. The van der Waals surface area contributed by atoms with Crippen LogP contribution in [-0.2, 0) is 0 Å². The molecule has 7 heteroatoms. The Labute approximate surface area is 135 Å². The van der Waals surface area contributed by atoms with Gasteiger partial charge in [-0.25, -0.2) is 0 Å². The lowest BCUT2D eigenvalue weighted by Crippen LogP contribution is -2.02. The third-order valence-corrected chi connectivity index (χ3v) is 3.46. The minimum Gasteiger partial charge on any atom is -0.271 e. The maximum Gasteiger partial charge on any atom is 0.295 e. The maximum atomic E-state index is 11.0. The molecule has 110 valence electrons.